The minimum Gasteiger partial charge on any atom is -0.454 e. The summed E-state index contributed by atoms with van der Waals surface area (Å²) in [5.41, 5.74) is 7.14. The number of ether oxygens (including phenoxy) is 2. The van der Waals surface area contributed by atoms with E-state index in [0.717, 1.165) is 42.2 Å². The molecule has 1 aliphatic carbocycles. The first-order chi connectivity index (χ1) is 11.6. The molecule has 1 aromatic carbocycles. The number of rotatable bonds is 5. The van der Waals surface area contributed by atoms with Gasteiger partial charge >= 0.3 is 0 Å². The van der Waals surface area contributed by atoms with E-state index in [1.54, 1.807) is 6.07 Å². The molecule has 7 heteroatoms. The van der Waals surface area contributed by atoms with E-state index in [1.807, 2.05) is 15.0 Å². The number of fused-ring (bicyclic) bond motifs is 3. The Morgan fingerprint density at radius 2 is 2.04 bits per heavy atom. The molecule has 1 aromatic rings. The minimum absolute atomic E-state index is 0.0146. The van der Waals surface area contributed by atoms with E-state index in [1.165, 1.54) is 18.6 Å². The molecule has 1 saturated carbocycles. The van der Waals surface area contributed by atoms with Gasteiger partial charge in [0.15, 0.2) is 11.5 Å². The Labute approximate surface area is 159 Å². The second-order valence-corrected chi connectivity index (χ2v) is 9.07. The van der Waals surface area contributed by atoms with Crippen LogP contribution in [-0.2, 0) is 5.54 Å². The van der Waals surface area contributed by atoms with Crippen molar-refractivity contribution in [2.45, 2.75) is 38.1 Å². The number of carbonyl (C=O) groups excluding carboxylic acids is 1. The summed E-state index contributed by atoms with van der Waals surface area (Å²) in [7, 11) is 1.88. The fraction of sp³-hybridized carbons (Fsp3) is 0.588. The highest BCUT2D eigenvalue weighted by Gasteiger charge is 2.52. The average Bonchev–Trinajstić information content (AvgIpc) is 3.10. The number of hydrogen-bond donors (Lipinski definition) is 2. The van der Waals surface area contributed by atoms with Crippen molar-refractivity contribution in [3.05, 3.63) is 23.3 Å². The van der Waals surface area contributed by atoms with Crippen molar-refractivity contribution in [2.24, 2.45) is 11.7 Å². The fourth-order valence-corrected chi connectivity index (χ4v) is 4.33. The molecule has 3 aliphatic rings. The lowest BCUT2D eigenvalue weighted by atomic mass is 10.0. The third-order valence-electron chi connectivity index (χ3n) is 4.72. The number of benzene rings is 1. The van der Waals surface area contributed by atoms with Gasteiger partial charge in [-0.15, -0.1) is 0 Å². The largest absolute Gasteiger partial charge is 0.454 e. The zero-order valence-corrected chi connectivity index (χ0v) is 16.7. The molecule has 3 N–H and O–H groups in total. The number of nitrogens with one attached hydrogen (secondary N) is 1. The van der Waals surface area contributed by atoms with Gasteiger partial charge in [0.05, 0.1) is 5.54 Å². The predicted octanol–water partition coefficient (Wildman–Crippen LogP) is 3.59. The molecular formula is C17H23IN2O3S. The van der Waals surface area contributed by atoms with Crippen LogP contribution in [0.5, 0.6) is 11.5 Å². The molecule has 4 rings (SSSR count). The predicted molar refractivity (Wildman–Crippen MR) is 105 cm³/mol. The Balaban J connectivity index is 0.000000165. The Kier molecular flexibility index (Phi) is 5.82. The fourth-order valence-electron chi connectivity index (χ4n) is 3.07. The quantitative estimate of drug-likeness (QED) is 0.655. The van der Waals surface area contributed by atoms with E-state index in [9.17, 15) is 4.79 Å². The maximum atomic E-state index is 11.7. The van der Waals surface area contributed by atoms with E-state index < -0.39 is 0 Å². The van der Waals surface area contributed by atoms with Crippen LogP contribution in [0, 0.1) is 5.92 Å². The van der Waals surface area contributed by atoms with Gasteiger partial charge in [-0.05, 0) is 77.0 Å². The maximum Gasteiger partial charge on any atom is 0.252 e. The molecule has 1 unspecified atom stereocenters. The molecule has 0 radical (unpaired) electrons. The maximum absolute atomic E-state index is 11.7. The molecule has 2 aliphatic heterocycles. The van der Waals surface area contributed by atoms with Gasteiger partial charge in [-0.2, -0.15) is 0 Å². The molecule has 5 nitrogen and oxygen atoms in total. The van der Waals surface area contributed by atoms with Crippen LogP contribution in [0.4, 0.5) is 0 Å². The zero-order valence-electron chi connectivity index (χ0n) is 13.8. The molecule has 1 atom stereocenters. The van der Waals surface area contributed by atoms with Crippen molar-refractivity contribution < 1.29 is 14.3 Å². The summed E-state index contributed by atoms with van der Waals surface area (Å²) in [5, 5.41) is 3.02. The molecule has 1 amide bonds. The van der Waals surface area contributed by atoms with Gasteiger partial charge in [-0.1, -0.05) is 15.9 Å². The van der Waals surface area contributed by atoms with Gasteiger partial charge in [-0.25, -0.2) is 0 Å². The molecule has 132 valence electrons. The summed E-state index contributed by atoms with van der Waals surface area (Å²) >= 11 is 2.33. The van der Waals surface area contributed by atoms with E-state index in [-0.39, 0.29) is 18.2 Å². The first kappa shape index (κ1) is 18.1. The van der Waals surface area contributed by atoms with Gasteiger partial charge in [-0.3, -0.25) is 4.79 Å². The molecule has 0 aromatic heterocycles. The second kappa shape index (κ2) is 7.70. The van der Waals surface area contributed by atoms with Gasteiger partial charge in [0.25, 0.3) is 5.91 Å². The third kappa shape index (κ3) is 3.77. The van der Waals surface area contributed by atoms with Crippen LogP contribution >= 0.6 is 30.1 Å². The van der Waals surface area contributed by atoms with Gasteiger partial charge < -0.3 is 20.5 Å². The number of hydrogen-bond acceptors (Lipinski definition) is 5. The third-order valence-corrected chi connectivity index (χ3v) is 6.43. The lowest BCUT2D eigenvalue weighted by Gasteiger charge is -2.07. The minimum atomic E-state index is -0.0760. The van der Waals surface area contributed by atoms with Crippen LogP contribution in [-0.4, -0.2) is 25.0 Å². The Bertz CT molecular complexity index is 622. The zero-order chi connectivity index (χ0) is 17.2. The highest BCUT2D eigenvalue weighted by Crippen LogP contribution is 2.52. The van der Waals surface area contributed by atoms with Crippen molar-refractivity contribution in [1.29, 1.82) is 0 Å². The van der Waals surface area contributed by atoms with E-state index >= 15 is 0 Å². The Hall–Kier alpha value is -0.670. The van der Waals surface area contributed by atoms with E-state index in [2.05, 4.69) is 33.4 Å². The molecule has 0 saturated heterocycles. The van der Waals surface area contributed by atoms with Crippen molar-refractivity contribution in [1.82, 2.24) is 5.32 Å². The van der Waals surface area contributed by atoms with Gasteiger partial charge in [0.1, 0.15) is 0 Å². The van der Waals surface area contributed by atoms with Crippen molar-refractivity contribution in [2.75, 3.05) is 19.1 Å². The highest BCUT2D eigenvalue weighted by molar-refractivity contribution is 14.2. The number of halogens is 1. The monoisotopic (exact) mass is 462 g/mol. The lowest BCUT2D eigenvalue weighted by molar-refractivity contribution is 0.0952. The summed E-state index contributed by atoms with van der Waals surface area (Å²) in [6.07, 6.45) is 4.55. The standard InChI is InChI=1S/C11H9NO3.C6H14INS/c13-10-6-3-8-9(15-5-14-8)4-7(6)11(12-10)1-2-11;1-6(2-4-8)3-5-9-7/h3-4H,1-2,5H2,(H,12,13);6H,2-5,8H2,1H3. The Morgan fingerprint density at radius 1 is 1.33 bits per heavy atom. The van der Waals surface area contributed by atoms with E-state index in [4.69, 9.17) is 15.2 Å². The van der Waals surface area contributed by atoms with E-state index in [0.29, 0.717) is 5.75 Å². The summed E-state index contributed by atoms with van der Waals surface area (Å²) in [6, 6.07) is 3.74. The van der Waals surface area contributed by atoms with Crippen LogP contribution in [0.15, 0.2) is 12.1 Å². The van der Waals surface area contributed by atoms with Crippen LogP contribution in [0.3, 0.4) is 0 Å². The highest BCUT2D eigenvalue weighted by atomic mass is 127. The summed E-state index contributed by atoms with van der Waals surface area (Å²) in [6.45, 7) is 3.36. The summed E-state index contributed by atoms with van der Waals surface area (Å²) in [4.78, 5) is 11.7. The van der Waals surface area contributed by atoms with Crippen molar-refractivity contribution in [3.63, 3.8) is 0 Å². The second-order valence-electron chi connectivity index (χ2n) is 6.57. The summed E-state index contributed by atoms with van der Waals surface area (Å²) in [5.74, 6) is 3.54. The smallest absolute Gasteiger partial charge is 0.252 e. The van der Waals surface area contributed by atoms with Crippen LogP contribution < -0.4 is 20.5 Å². The SMILES string of the molecule is CC(CCN)CCSI.O=C1NC2(CC2)c2cc3c(cc21)OCO3. The lowest BCUT2D eigenvalue weighted by Crippen LogP contribution is -2.25. The first-order valence-electron chi connectivity index (χ1n) is 8.30. The summed E-state index contributed by atoms with van der Waals surface area (Å²) < 4.78 is 10.6. The number of amides is 1. The molecule has 0 bridgehead atoms. The topological polar surface area (TPSA) is 73.6 Å². The van der Waals surface area contributed by atoms with Crippen LogP contribution in [0.1, 0.15) is 48.5 Å². The van der Waals surface area contributed by atoms with Crippen LogP contribution in [0.2, 0.25) is 0 Å². The normalized spacial score (nSPS) is 19.4. The molecule has 1 spiro atoms. The van der Waals surface area contributed by atoms with Crippen LogP contribution in [0.25, 0.3) is 0 Å². The molecular weight excluding hydrogens is 439 g/mol. The first-order valence-corrected chi connectivity index (χ1v) is 11.8. The Morgan fingerprint density at radius 3 is 2.67 bits per heavy atom. The molecule has 2 heterocycles. The van der Waals surface area contributed by atoms with Crippen molar-refractivity contribution >= 4 is 36.0 Å². The number of nitrogens with two attached hydrogens (primary N) is 1. The molecule has 24 heavy (non-hydrogen) atoms. The number of carbonyl (C=O) groups is 1. The molecule has 1 fully saturated rings. The van der Waals surface area contributed by atoms with Gasteiger partial charge in [0, 0.05) is 11.3 Å². The average molecular weight is 462 g/mol. The van der Waals surface area contributed by atoms with Gasteiger partial charge in [0.2, 0.25) is 6.79 Å². The van der Waals surface area contributed by atoms with Crippen molar-refractivity contribution in [3.8, 4) is 11.5 Å².